The van der Waals surface area contributed by atoms with Crippen LogP contribution >= 0.6 is 11.6 Å². The second-order valence-corrected chi connectivity index (χ2v) is 7.39. The van der Waals surface area contributed by atoms with Gasteiger partial charge >= 0.3 is 0 Å². The molecule has 0 aliphatic heterocycles. The molecule has 0 aliphatic rings. The van der Waals surface area contributed by atoms with Crippen molar-refractivity contribution in [2.75, 3.05) is 7.11 Å². The quantitative estimate of drug-likeness (QED) is 0.729. The molecule has 0 radical (unpaired) electrons. The van der Waals surface area contributed by atoms with Gasteiger partial charge in [0.25, 0.3) is 0 Å². The second kappa shape index (κ2) is 10.1. The van der Waals surface area contributed by atoms with Crippen LogP contribution in [0.1, 0.15) is 31.9 Å². The Hall–Kier alpha value is -2.53. The van der Waals surface area contributed by atoms with E-state index in [2.05, 4.69) is 5.32 Å². The van der Waals surface area contributed by atoms with E-state index in [0.717, 1.165) is 11.1 Å². The lowest BCUT2D eigenvalue weighted by Crippen LogP contribution is -2.49. The topological polar surface area (TPSA) is 58.6 Å². The molecule has 6 heteroatoms. The Morgan fingerprint density at radius 3 is 2.46 bits per heavy atom. The van der Waals surface area contributed by atoms with Crippen molar-refractivity contribution in [3.05, 3.63) is 64.7 Å². The summed E-state index contributed by atoms with van der Waals surface area (Å²) in [5.74, 6) is 0.350. The van der Waals surface area contributed by atoms with Gasteiger partial charge in [-0.15, -0.1) is 0 Å². The molecule has 0 bridgehead atoms. The Morgan fingerprint density at radius 1 is 1.11 bits per heavy atom. The van der Waals surface area contributed by atoms with Crippen LogP contribution in [0.4, 0.5) is 0 Å². The first-order valence-electron chi connectivity index (χ1n) is 9.28. The van der Waals surface area contributed by atoms with Gasteiger partial charge in [-0.2, -0.15) is 0 Å². The Kier molecular flexibility index (Phi) is 7.88. The summed E-state index contributed by atoms with van der Waals surface area (Å²) < 4.78 is 5.27. The molecule has 0 saturated carbocycles. The van der Waals surface area contributed by atoms with Crippen molar-refractivity contribution in [2.24, 2.45) is 0 Å². The van der Waals surface area contributed by atoms with Crippen LogP contribution in [-0.2, 0) is 22.6 Å². The molecule has 1 atom stereocenters. The van der Waals surface area contributed by atoms with Crippen molar-refractivity contribution < 1.29 is 14.3 Å². The van der Waals surface area contributed by atoms with Crippen molar-refractivity contribution in [1.29, 1.82) is 0 Å². The number of rotatable bonds is 8. The van der Waals surface area contributed by atoms with Gasteiger partial charge in [0.1, 0.15) is 11.8 Å². The van der Waals surface area contributed by atoms with Crippen LogP contribution in [0.25, 0.3) is 0 Å². The summed E-state index contributed by atoms with van der Waals surface area (Å²) in [6, 6.07) is 14.1. The molecule has 0 aromatic heterocycles. The molecular formula is C22H27ClN2O3. The zero-order chi connectivity index (χ0) is 20.7. The number of amides is 2. The average molecular weight is 403 g/mol. The highest BCUT2D eigenvalue weighted by Gasteiger charge is 2.27. The molecule has 0 unspecified atom stereocenters. The van der Waals surface area contributed by atoms with Gasteiger partial charge in [-0.1, -0.05) is 41.9 Å². The number of ether oxygens (including phenoxy) is 1. The van der Waals surface area contributed by atoms with Crippen LogP contribution in [0, 0.1) is 0 Å². The van der Waals surface area contributed by atoms with Gasteiger partial charge in [0, 0.05) is 17.6 Å². The van der Waals surface area contributed by atoms with Crippen molar-refractivity contribution in [3.8, 4) is 5.75 Å². The average Bonchev–Trinajstić information content (AvgIpc) is 2.67. The van der Waals surface area contributed by atoms with E-state index in [1.54, 1.807) is 25.0 Å². The highest BCUT2D eigenvalue weighted by molar-refractivity contribution is 6.31. The first-order chi connectivity index (χ1) is 13.3. The number of benzene rings is 2. The van der Waals surface area contributed by atoms with E-state index in [9.17, 15) is 9.59 Å². The molecule has 0 saturated heterocycles. The first kappa shape index (κ1) is 21.8. The van der Waals surface area contributed by atoms with Crippen molar-refractivity contribution in [3.63, 3.8) is 0 Å². The Labute approximate surface area is 171 Å². The number of nitrogens with one attached hydrogen (secondary N) is 1. The molecule has 2 aromatic carbocycles. The molecule has 2 aromatic rings. The van der Waals surface area contributed by atoms with E-state index in [1.165, 1.54) is 0 Å². The fourth-order valence-corrected chi connectivity index (χ4v) is 3.06. The molecule has 0 fully saturated rings. The molecular weight excluding hydrogens is 376 g/mol. The third-order valence-corrected chi connectivity index (χ3v) is 4.75. The van der Waals surface area contributed by atoms with Crippen molar-refractivity contribution in [2.45, 2.75) is 45.8 Å². The number of hydrogen-bond donors (Lipinski definition) is 1. The van der Waals surface area contributed by atoms with Crippen LogP contribution in [0.15, 0.2) is 48.5 Å². The fraction of sp³-hybridized carbons (Fsp3) is 0.364. The zero-order valence-corrected chi connectivity index (χ0v) is 17.5. The largest absolute Gasteiger partial charge is 0.497 e. The molecule has 150 valence electrons. The van der Waals surface area contributed by atoms with Crippen LogP contribution in [0.3, 0.4) is 0 Å². The molecule has 28 heavy (non-hydrogen) atoms. The maximum atomic E-state index is 13.1. The summed E-state index contributed by atoms with van der Waals surface area (Å²) in [4.78, 5) is 27.3. The standard InChI is InChI=1S/C22H27ClN2O3/c1-15(2)24-22(27)16(3)25(14-17-8-7-10-19(12-17)28-4)21(26)13-18-9-5-6-11-20(18)23/h5-12,15-16H,13-14H2,1-4H3,(H,24,27)/t16-/m1/s1. The lowest BCUT2D eigenvalue weighted by molar-refractivity contribution is -0.140. The van der Waals surface area contributed by atoms with E-state index in [4.69, 9.17) is 16.3 Å². The Morgan fingerprint density at radius 2 is 1.82 bits per heavy atom. The predicted molar refractivity (Wildman–Crippen MR) is 111 cm³/mol. The summed E-state index contributed by atoms with van der Waals surface area (Å²) in [6.07, 6.45) is 0.128. The number of methoxy groups -OCH3 is 1. The molecule has 1 N–H and O–H groups in total. The maximum absolute atomic E-state index is 13.1. The van der Waals surface area contributed by atoms with Gasteiger partial charge in [0.15, 0.2) is 0 Å². The molecule has 0 spiro atoms. The SMILES string of the molecule is COc1cccc(CN(C(=O)Cc2ccccc2Cl)[C@H](C)C(=O)NC(C)C)c1. The fourth-order valence-electron chi connectivity index (χ4n) is 2.86. The van der Waals surface area contributed by atoms with Gasteiger partial charge in [0.2, 0.25) is 11.8 Å². The summed E-state index contributed by atoms with van der Waals surface area (Å²) in [5.41, 5.74) is 1.62. The lowest BCUT2D eigenvalue weighted by Gasteiger charge is -2.29. The van der Waals surface area contributed by atoms with E-state index in [1.807, 2.05) is 56.3 Å². The van der Waals surface area contributed by atoms with Crippen LogP contribution in [0.2, 0.25) is 5.02 Å². The normalized spacial score (nSPS) is 11.8. The Bertz CT molecular complexity index is 823. The van der Waals surface area contributed by atoms with E-state index < -0.39 is 6.04 Å². The molecule has 5 nitrogen and oxygen atoms in total. The van der Waals surface area contributed by atoms with E-state index in [-0.39, 0.29) is 24.3 Å². The second-order valence-electron chi connectivity index (χ2n) is 6.98. The first-order valence-corrected chi connectivity index (χ1v) is 9.65. The molecule has 0 heterocycles. The van der Waals surface area contributed by atoms with E-state index in [0.29, 0.717) is 17.3 Å². The van der Waals surface area contributed by atoms with Crippen LogP contribution in [-0.4, -0.2) is 35.9 Å². The zero-order valence-electron chi connectivity index (χ0n) is 16.7. The van der Waals surface area contributed by atoms with Gasteiger partial charge in [-0.05, 0) is 50.1 Å². The van der Waals surface area contributed by atoms with Crippen molar-refractivity contribution >= 4 is 23.4 Å². The number of carbonyl (C=O) groups excluding carboxylic acids is 2. The number of halogens is 1. The molecule has 2 amide bonds. The van der Waals surface area contributed by atoms with Gasteiger partial charge in [-0.25, -0.2) is 0 Å². The smallest absolute Gasteiger partial charge is 0.242 e. The summed E-state index contributed by atoms with van der Waals surface area (Å²) in [6.45, 7) is 5.82. The maximum Gasteiger partial charge on any atom is 0.242 e. The third-order valence-electron chi connectivity index (χ3n) is 4.38. The summed E-state index contributed by atoms with van der Waals surface area (Å²) in [5, 5.41) is 3.42. The number of nitrogens with zero attached hydrogens (tertiary/aromatic N) is 1. The minimum absolute atomic E-state index is 0.00714. The Balaban J connectivity index is 2.27. The summed E-state index contributed by atoms with van der Waals surface area (Å²) in [7, 11) is 1.60. The highest BCUT2D eigenvalue weighted by Crippen LogP contribution is 2.20. The molecule has 0 aliphatic carbocycles. The van der Waals surface area contributed by atoms with Gasteiger partial charge < -0.3 is 15.0 Å². The van der Waals surface area contributed by atoms with Crippen LogP contribution in [0.5, 0.6) is 5.75 Å². The molecule has 2 rings (SSSR count). The van der Waals surface area contributed by atoms with Gasteiger partial charge in [0.05, 0.1) is 13.5 Å². The number of hydrogen-bond acceptors (Lipinski definition) is 3. The van der Waals surface area contributed by atoms with Crippen molar-refractivity contribution in [1.82, 2.24) is 10.2 Å². The minimum atomic E-state index is -0.622. The minimum Gasteiger partial charge on any atom is -0.497 e. The predicted octanol–water partition coefficient (Wildman–Crippen LogP) is 3.83. The summed E-state index contributed by atoms with van der Waals surface area (Å²) >= 11 is 6.22. The lowest BCUT2D eigenvalue weighted by atomic mass is 10.1. The van der Waals surface area contributed by atoms with E-state index >= 15 is 0 Å². The monoisotopic (exact) mass is 402 g/mol. The highest BCUT2D eigenvalue weighted by atomic mass is 35.5. The van der Waals surface area contributed by atoms with Gasteiger partial charge in [-0.3, -0.25) is 9.59 Å². The van der Waals surface area contributed by atoms with Crippen LogP contribution < -0.4 is 10.1 Å². The number of carbonyl (C=O) groups is 2. The third kappa shape index (κ3) is 5.99.